The lowest BCUT2D eigenvalue weighted by atomic mass is 9.65. The highest BCUT2D eigenvalue weighted by Crippen LogP contribution is 2.44. The topological polar surface area (TPSA) is 57.9 Å². The Morgan fingerprint density at radius 2 is 2.00 bits per heavy atom. The van der Waals surface area contributed by atoms with Gasteiger partial charge in [0.15, 0.2) is 0 Å². The Bertz CT molecular complexity index is 730. The molecular formula is C20H23N3O. The molecule has 124 valence electrons. The molecule has 1 fully saturated rings. The van der Waals surface area contributed by atoms with E-state index in [1.165, 1.54) is 0 Å². The van der Waals surface area contributed by atoms with Crippen LogP contribution in [0, 0.1) is 11.3 Å². The molecule has 1 N–H and O–H groups in total. The van der Waals surface area contributed by atoms with Crippen molar-refractivity contribution >= 4 is 5.69 Å². The fourth-order valence-electron chi connectivity index (χ4n) is 3.25. The summed E-state index contributed by atoms with van der Waals surface area (Å²) in [6, 6.07) is 16.6. The van der Waals surface area contributed by atoms with Gasteiger partial charge in [-0.15, -0.1) is 0 Å². The number of ether oxygens (including phenoxy) is 1. The largest absolute Gasteiger partial charge is 0.387 e. The third-order valence-corrected chi connectivity index (χ3v) is 4.76. The van der Waals surface area contributed by atoms with Gasteiger partial charge in [-0.3, -0.25) is 4.98 Å². The van der Waals surface area contributed by atoms with E-state index >= 15 is 0 Å². The zero-order chi connectivity index (χ0) is 17.0. The minimum absolute atomic E-state index is 0.126. The van der Waals surface area contributed by atoms with Gasteiger partial charge in [0.05, 0.1) is 35.9 Å². The summed E-state index contributed by atoms with van der Waals surface area (Å²) >= 11 is 0. The first-order chi connectivity index (χ1) is 11.7. The molecule has 0 amide bonds. The van der Waals surface area contributed by atoms with Crippen LogP contribution in [0.25, 0.3) is 0 Å². The Morgan fingerprint density at radius 3 is 2.62 bits per heavy atom. The number of nitriles is 1. The first-order valence-corrected chi connectivity index (χ1v) is 8.45. The van der Waals surface area contributed by atoms with E-state index in [-0.39, 0.29) is 6.10 Å². The summed E-state index contributed by atoms with van der Waals surface area (Å²) < 4.78 is 5.95. The summed E-state index contributed by atoms with van der Waals surface area (Å²) in [5, 5.41) is 12.9. The fraction of sp³-hybridized carbons (Fsp3) is 0.400. The van der Waals surface area contributed by atoms with Crippen LogP contribution in [0.2, 0.25) is 0 Å². The Morgan fingerprint density at radius 1 is 1.25 bits per heavy atom. The lowest BCUT2D eigenvalue weighted by molar-refractivity contribution is -0.0401. The molecule has 4 nitrogen and oxygen atoms in total. The van der Waals surface area contributed by atoms with Crippen LogP contribution in [-0.4, -0.2) is 18.1 Å². The monoisotopic (exact) mass is 321 g/mol. The van der Waals surface area contributed by atoms with Crippen molar-refractivity contribution in [3.05, 3.63) is 59.4 Å². The Kier molecular flexibility index (Phi) is 4.82. The van der Waals surface area contributed by atoms with Crippen LogP contribution in [0.4, 0.5) is 5.69 Å². The number of nitrogens with zero attached hydrogens (tertiary/aromatic N) is 2. The van der Waals surface area contributed by atoms with E-state index in [2.05, 4.69) is 30.4 Å². The molecule has 1 aromatic carbocycles. The number of aromatic nitrogens is 1. The first kappa shape index (κ1) is 16.5. The van der Waals surface area contributed by atoms with Crippen LogP contribution in [0.1, 0.15) is 36.7 Å². The number of benzene rings is 1. The maximum absolute atomic E-state index is 9.72. The quantitative estimate of drug-likeness (QED) is 0.878. The number of aryl methyl sites for hydroxylation is 1. The Balaban J connectivity index is 1.67. The van der Waals surface area contributed by atoms with Crippen molar-refractivity contribution in [3.8, 4) is 6.07 Å². The van der Waals surface area contributed by atoms with E-state index in [0.717, 1.165) is 29.1 Å². The molecule has 0 unspecified atom stereocenters. The lowest BCUT2D eigenvalue weighted by Gasteiger charge is -2.42. The second-order valence-corrected chi connectivity index (χ2v) is 6.32. The van der Waals surface area contributed by atoms with Gasteiger partial charge >= 0.3 is 0 Å². The second kappa shape index (κ2) is 7.02. The summed E-state index contributed by atoms with van der Waals surface area (Å²) in [5.41, 5.74) is 3.58. The van der Waals surface area contributed by atoms with Crippen molar-refractivity contribution < 1.29 is 4.74 Å². The maximum Gasteiger partial charge on any atom is 0.104 e. The molecule has 1 aromatic heterocycles. The average molecular weight is 321 g/mol. The van der Waals surface area contributed by atoms with Crippen molar-refractivity contribution in [1.82, 2.24) is 4.98 Å². The predicted molar refractivity (Wildman–Crippen MR) is 94.7 cm³/mol. The van der Waals surface area contributed by atoms with Crippen LogP contribution in [0.5, 0.6) is 0 Å². The van der Waals surface area contributed by atoms with E-state index in [4.69, 9.17) is 9.72 Å². The van der Waals surface area contributed by atoms with E-state index in [1.54, 1.807) is 0 Å². The Labute approximate surface area is 143 Å². The van der Waals surface area contributed by atoms with Gasteiger partial charge in [-0.1, -0.05) is 37.3 Å². The molecular weight excluding hydrogens is 298 g/mol. The predicted octanol–water partition coefficient (Wildman–Crippen LogP) is 3.83. The van der Waals surface area contributed by atoms with Gasteiger partial charge in [0, 0.05) is 7.05 Å². The summed E-state index contributed by atoms with van der Waals surface area (Å²) in [6.07, 6.45) is 2.40. The van der Waals surface area contributed by atoms with Crippen LogP contribution in [-0.2, 0) is 23.2 Å². The standard InChI is InChI=1S/C20H23N3O/c1-3-17-18(22-2)9-10-19(23-17)20(14-21)11-16(12-20)24-13-15-7-5-4-6-8-15/h4-10,16,22H,3,11-13H2,1-2H3. The van der Waals surface area contributed by atoms with Crippen LogP contribution in [0.3, 0.4) is 0 Å². The summed E-state index contributed by atoms with van der Waals surface area (Å²) in [4.78, 5) is 4.74. The van der Waals surface area contributed by atoms with E-state index in [1.807, 2.05) is 37.4 Å². The second-order valence-electron chi connectivity index (χ2n) is 6.32. The number of rotatable bonds is 6. The van der Waals surface area contributed by atoms with Gasteiger partial charge in [-0.2, -0.15) is 5.26 Å². The normalized spacial score (nSPS) is 22.5. The lowest BCUT2D eigenvalue weighted by Crippen LogP contribution is -2.45. The number of nitrogens with one attached hydrogen (secondary N) is 1. The molecule has 0 aliphatic heterocycles. The van der Waals surface area contributed by atoms with Crippen LogP contribution < -0.4 is 5.32 Å². The molecule has 0 atom stereocenters. The minimum Gasteiger partial charge on any atom is -0.387 e. The molecule has 24 heavy (non-hydrogen) atoms. The molecule has 0 saturated heterocycles. The van der Waals surface area contributed by atoms with Crippen molar-refractivity contribution in [2.45, 2.75) is 44.3 Å². The van der Waals surface area contributed by atoms with Gasteiger partial charge in [0.2, 0.25) is 0 Å². The van der Waals surface area contributed by atoms with E-state index < -0.39 is 5.41 Å². The number of anilines is 1. The smallest absolute Gasteiger partial charge is 0.104 e. The zero-order valence-corrected chi connectivity index (χ0v) is 14.2. The van der Waals surface area contributed by atoms with Gasteiger partial charge < -0.3 is 10.1 Å². The van der Waals surface area contributed by atoms with Crippen molar-refractivity contribution in [2.75, 3.05) is 12.4 Å². The molecule has 4 heteroatoms. The minimum atomic E-state index is -0.502. The summed E-state index contributed by atoms with van der Waals surface area (Å²) in [6.45, 7) is 2.68. The van der Waals surface area contributed by atoms with E-state index in [0.29, 0.717) is 19.4 Å². The highest BCUT2D eigenvalue weighted by molar-refractivity contribution is 5.49. The highest BCUT2D eigenvalue weighted by Gasteiger charge is 2.48. The molecule has 3 rings (SSSR count). The maximum atomic E-state index is 9.72. The Hall–Kier alpha value is -2.38. The zero-order valence-electron chi connectivity index (χ0n) is 14.2. The molecule has 1 heterocycles. The third-order valence-electron chi connectivity index (χ3n) is 4.76. The summed E-state index contributed by atoms with van der Waals surface area (Å²) in [5.74, 6) is 0. The van der Waals surface area contributed by atoms with E-state index in [9.17, 15) is 5.26 Å². The van der Waals surface area contributed by atoms with Crippen molar-refractivity contribution in [1.29, 1.82) is 5.26 Å². The van der Waals surface area contributed by atoms with Crippen LogP contribution >= 0.6 is 0 Å². The van der Waals surface area contributed by atoms with Gasteiger partial charge in [0.25, 0.3) is 0 Å². The van der Waals surface area contributed by atoms with Crippen LogP contribution in [0.15, 0.2) is 42.5 Å². The van der Waals surface area contributed by atoms with Gasteiger partial charge in [-0.25, -0.2) is 0 Å². The van der Waals surface area contributed by atoms with Gasteiger partial charge in [-0.05, 0) is 37.0 Å². The molecule has 2 aromatic rings. The highest BCUT2D eigenvalue weighted by atomic mass is 16.5. The fourth-order valence-corrected chi connectivity index (χ4v) is 3.25. The van der Waals surface area contributed by atoms with Crippen molar-refractivity contribution in [3.63, 3.8) is 0 Å². The number of hydrogen-bond donors (Lipinski definition) is 1. The third kappa shape index (κ3) is 3.13. The number of hydrogen-bond acceptors (Lipinski definition) is 4. The molecule has 1 saturated carbocycles. The molecule has 0 spiro atoms. The van der Waals surface area contributed by atoms with Gasteiger partial charge in [0.1, 0.15) is 5.41 Å². The molecule has 1 aliphatic carbocycles. The average Bonchev–Trinajstić information content (AvgIpc) is 2.61. The van der Waals surface area contributed by atoms with Crippen molar-refractivity contribution in [2.24, 2.45) is 0 Å². The first-order valence-electron chi connectivity index (χ1n) is 8.45. The number of pyridine rings is 1. The molecule has 0 radical (unpaired) electrons. The SMILES string of the molecule is CCc1nc(C2(C#N)CC(OCc3ccccc3)C2)ccc1NC. The molecule has 1 aliphatic rings. The summed E-state index contributed by atoms with van der Waals surface area (Å²) in [7, 11) is 1.90. The molecule has 0 bridgehead atoms.